The molecule has 154 valence electrons. The lowest BCUT2D eigenvalue weighted by Crippen LogP contribution is -2.26. The summed E-state index contributed by atoms with van der Waals surface area (Å²) < 4.78 is 6.05. The minimum atomic E-state index is 0.0225. The summed E-state index contributed by atoms with van der Waals surface area (Å²) in [6.45, 7) is 3.58. The number of ether oxygens (including phenoxy) is 1. The Balaban J connectivity index is 1.29. The standard InChI is InChI=1S/C26H23N3O2/c1-18-21(8-5-14-27-18)17-31-24-10-4-7-20-16-29(26(30)25(20)24)15-13-22-12-11-19-6-2-3-9-23(19)28-22/h2-12,14H,13,15-17H2,1H3. The van der Waals surface area contributed by atoms with Gasteiger partial charge in [-0.3, -0.25) is 14.8 Å². The van der Waals surface area contributed by atoms with Crippen molar-refractivity contribution >= 4 is 16.8 Å². The van der Waals surface area contributed by atoms with E-state index in [2.05, 4.69) is 17.1 Å². The zero-order chi connectivity index (χ0) is 21.2. The quantitative estimate of drug-likeness (QED) is 0.463. The molecular formula is C26H23N3O2. The number of carbonyl (C=O) groups is 1. The normalized spacial score (nSPS) is 12.9. The lowest BCUT2D eigenvalue weighted by atomic mass is 10.1. The van der Waals surface area contributed by atoms with Crippen molar-refractivity contribution in [1.29, 1.82) is 0 Å². The van der Waals surface area contributed by atoms with Crippen molar-refractivity contribution in [1.82, 2.24) is 14.9 Å². The van der Waals surface area contributed by atoms with Crippen LogP contribution >= 0.6 is 0 Å². The number of hydrogen-bond donors (Lipinski definition) is 0. The SMILES string of the molecule is Cc1ncccc1COc1cccc2c1C(=O)N(CCc1ccc3ccccc3n1)C2. The molecule has 1 aliphatic heterocycles. The van der Waals surface area contributed by atoms with Gasteiger partial charge in [0.2, 0.25) is 0 Å². The van der Waals surface area contributed by atoms with Gasteiger partial charge >= 0.3 is 0 Å². The molecule has 4 aromatic rings. The van der Waals surface area contributed by atoms with Crippen LogP contribution in [-0.4, -0.2) is 27.3 Å². The third-order valence-electron chi connectivity index (χ3n) is 5.77. The lowest BCUT2D eigenvalue weighted by Gasteiger charge is -2.16. The number of aromatic nitrogens is 2. The molecule has 0 radical (unpaired) electrons. The first-order valence-electron chi connectivity index (χ1n) is 10.5. The predicted molar refractivity (Wildman–Crippen MR) is 120 cm³/mol. The summed E-state index contributed by atoms with van der Waals surface area (Å²) in [6.07, 6.45) is 2.49. The van der Waals surface area contributed by atoms with Gasteiger partial charge < -0.3 is 9.64 Å². The van der Waals surface area contributed by atoms with Crippen LogP contribution < -0.4 is 4.74 Å². The largest absolute Gasteiger partial charge is 0.488 e. The van der Waals surface area contributed by atoms with Crippen LogP contribution in [0, 0.1) is 6.92 Å². The molecule has 2 aromatic carbocycles. The third-order valence-corrected chi connectivity index (χ3v) is 5.77. The van der Waals surface area contributed by atoms with Crippen LogP contribution in [0.15, 0.2) is 72.9 Å². The number of fused-ring (bicyclic) bond motifs is 2. The molecule has 0 N–H and O–H groups in total. The molecule has 3 heterocycles. The third kappa shape index (κ3) is 3.87. The molecule has 5 heteroatoms. The number of pyridine rings is 2. The van der Waals surface area contributed by atoms with E-state index in [1.807, 2.05) is 66.4 Å². The molecule has 0 spiro atoms. The molecule has 0 atom stereocenters. The van der Waals surface area contributed by atoms with E-state index in [0.29, 0.717) is 31.0 Å². The van der Waals surface area contributed by atoms with Gasteiger partial charge in [0, 0.05) is 48.0 Å². The van der Waals surface area contributed by atoms with E-state index < -0.39 is 0 Å². The second-order valence-electron chi connectivity index (χ2n) is 7.80. The van der Waals surface area contributed by atoms with Crippen molar-refractivity contribution in [2.24, 2.45) is 0 Å². The molecule has 5 nitrogen and oxygen atoms in total. The van der Waals surface area contributed by atoms with Crippen LogP contribution in [-0.2, 0) is 19.6 Å². The molecule has 1 aliphatic rings. The molecule has 0 fully saturated rings. The molecule has 0 unspecified atom stereocenters. The van der Waals surface area contributed by atoms with Crippen molar-refractivity contribution in [2.75, 3.05) is 6.54 Å². The fourth-order valence-corrected chi connectivity index (χ4v) is 4.01. The summed E-state index contributed by atoms with van der Waals surface area (Å²) in [7, 11) is 0. The van der Waals surface area contributed by atoms with Crippen LogP contribution in [0.25, 0.3) is 10.9 Å². The van der Waals surface area contributed by atoms with E-state index in [-0.39, 0.29) is 5.91 Å². The number of para-hydroxylation sites is 1. The summed E-state index contributed by atoms with van der Waals surface area (Å²) in [5.41, 5.74) is 5.62. The van der Waals surface area contributed by atoms with Crippen LogP contribution in [0.5, 0.6) is 5.75 Å². The van der Waals surface area contributed by atoms with Gasteiger partial charge in [0.05, 0.1) is 11.1 Å². The first-order valence-corrected chi connectivity index (χ1v) is 10.5. The molecule has 31 heavy (non-hydrogen) atoms. The van der Waals surface area contributed by atoms with E-state index in [1.165, 1.54) is 0 Å². The Morgan fingerprint density at radius 1 is 1.00 bits per heavy atom. The molecular weight excluding hydrogens is 386 g/mol. The van der Waals surface area contributed by atoms with E-state index in [1.54, 1.807) is 6.20 Å². The zero-order valence-corrected chi connectivity index (χ0v) is 17.4. The highest BCUT2D eigenvalue weighted by atomic mass is 16.5. The van der Waals surface area contributed by atoms with Crippen LogP contribution in [0.2, 0.25) is 0 Å². The molecule has 0 bridgehead atoms. The Kier molecular flexibility index (Phi) is 5.08. The van der Waals surface area contributed by atoms with Gasteiger partial charge in [-0.1, -0.05) is 42.5 Å². The van der Waals surface area contributed by atoms with Gasteiger partial charge in [-0.05, 0) is 36.8 Å². The molecule has 0 aliphatic carbocycles. The Labute approximate surface area is 181 Å². The Morgan fingerprint density at radius 3 is 2.81 bits per heavy atom. The highest BCUT2D eigenvalue weighted by Crippen LogP contribution is 2.31. The summed E-state index contributed by atoms with van der Waals surface area (Å²) in [5, 5.41) is 1.13. The highest BCUT2D eigenvalue weighted by Gasteiger charge is 2.30. The Morgan fingerprint density at radius 2 is 1.90 bits per heavy atom. The van der Waals surface area contributed by atoms with Gasteiger partial charge in [0.25, 0.3) is 5.91 Å². The smallest absolute Gasteiger partial charge is 0.258 e. The summed E-state index contributed by atoms with van der Waals surface area (Å²) in [5.74, 6) is 0.659. The molecule has 5 rings (SSSR count). The van der Waals surface area contributed by atoms with Gasteiger partial charge in [-0.25, -0.2) is 0 Å². The van der Waals surface area contributed by atoms with E-state index in [9.17, 15) is 4.79 Å². The number of amides is 1. The minimum absolute atomic E-state index is 0.0225. The first kappa shape index (κ1) is 19.2. The number of rotatable bonds is 6. The van der Waals surface area contributed by atoms with Crippen LogP contribution in [0.1, 0.15) is 32.9 Å². The molecule has 2 aromatic heterocycles. The lowest BCUT2D eigenvalue weighted by molar-refractivity contribution is 0.0776. The van der Waals surface area contributed by atoms with Crippen molar-refractivity contribution in [3.8, 4) is 5.75 Å². The zero-order valence-electron chi connectivity index (χ0n) is 17.4. The number of nitrogens with zero attached hydrogens (tertiary/aromatic N) is 3. The monoisotopic (exact) mass is 409 g/mol. The van der Waals surface area contributed by atoms with Crippen molar-refractivity contribution in [3.05, 3.63) is 101 Å². The number of benzene rings is 2. The average Bonchev–Trinajstić information content (AvgIpc) is 3.13. The van der Waals surface area contributed by atoms with E-state index in [0.717, 1.165) is 39.8 Å². The average molecular weight is 409 g/mol. The van der Waals surface area contributed by atoms with Crippen LogP contribution in [0.4, 0.5) is 0 Å². The number of aryl methyl sites for hydroxylation is 1. The maximum atomic E-state index is 13.1. The fourth-order valence-electron chi connectivity index (χ4n) is 4.01. The Bertz CT molecular complexity index is 1270. The first-order chi connectivity index (χ1) is 15.2. The minimum Gasteiger partial charge on any atom is -0.488 e. The van der Waals surface area contributed by atoms with E-state index in [4.69, 9.17) is 9.72 Å². The number of carbonyl (C=O) groups excluding carboxylic acids is 1. The highest BCUT2D eigenvalue weighted by molar-refractivity contribution is 6.01. The summed E-state index contributed by atoms with van der Waals surface area (Å²) in [4.78, 5) is 24.1. The summed E-state index contributed by atoms with van der Waals surface area (Å²) >= 11 is 0. The second kappa shape index (κ2) is 8.19. The van der Waals surface area contributed by atoms with Crippen molar-refractivity contribution in [2.45, 2.75) is 26.5 Å². The fraction of sp³-hybridized carbons (Fsp3) is 0.192. The van der Waals surface area contributed by atoms with Crippen LogP contribution in [0.3, 0.4) is 0 Å². The maximum absolute atomic E-state index is 13.1. The summed E-state index contributed by atoms with van der Waals surface area (Å²) in [6, 6.07) is 21.9. The number of hydrogen-bond acceptors (Lipinski definition) is 4. The topological polar surface area (TPSA) is 55.3 Å². The van der Waals surface area contributed by atoms with Gasteiger partial charge in [0.1, 0.15) is 12.4 Å². The van der Waals surface area contributed by atoms with Gasteiger partial charge in [-0.2, -0.15) is 0 Å². The predicted octanol–water partition coefficient (Wildman–Crippen LogP) is 4.72. The maximum Gasteiger partial charge on any atom is 0.258 e. The molecule has 0 saturated heterocycles. The Hall–Kier alpha value is -3.73. The van der Waals surface area contributed by atoms with Crippen molar-refractivity contribution < 1.29 is 9.53 Å². The second-order valence-corrected chi connectivity index (χ2v) is 7.80. The van der Waals surface area contributed by atoms with Crippen molar-refractivity contribution in [3.63, 3.8) is 0 Å². The van der Waals surface area contributed by atoms with Gasteiger partial charge in [-0.15, -0.1) is 0 Å². The molecule has 0 saturated carbocycles. The van der Waals surface area contributed by atoms with E-state index >= 15 is 0 Å². The molecule has 1 amide bonds. The van der Waals surface area contributed by atoms with Gasteiger partial charge in [0.15, 0.2) is 0 Å².